The Morgan fingerprint density at radius 3 is 3.23 bits per heavy atom. The second-order valence-electron chi connectivity index (χ2n) is 3.78. The number of thiazole rings is 1. The topological polar surface area (TPSA) is 16.1 Å². The Kier molecular flexibility index (Phi) is 2.96. The molecular weight excluding hydrogens is 180 g/mol. The molecule has 2 heterocycles. The highest BCUT2D eigenvalue weighted by molar-refractivity contribution is 7.09. The van der Waals surface area contributed by atoms with Crippen molar-refractivity contribution in [2.24, 2.45) is 0 Å². The third-order valence-electron chi connectivity index (χ3n) is 2.78. The zero-order chi connectivity index (χ0) is 9.10. The number of aromatic nitrogens is 1. The molecule has 0 spiro atoms. The predicted octanol–water partition coefficient (Wildman–Crippen LogP) is 2.52. The van der Waals surface area contributed by atoms with Gasteiger partial charge in [0.15, 0.2) is 0 Å². The molecule has 1 atom stereocenters. The van der Waals surface area contributed by atoms with E-state index in [2.05, 4.69) is 16.8 Å². The lowest BCUT2D eigenvalue weighted by molar-refractivity contribution is 0.154. The Labute approximate surface area is 83.6 Å². The largest absolute Gasteiger partial charge is 0.296 e. The van der Waals surface area contributed by atoms with Crippen LogP contribution >= 0.6 is 11.3 Å². The summed E-state index contributed by atoms with van der Waals surface area (Å²) in [6.07, 6.45) is 6.12. The first-order valence-electron chi connectivity index (χ1n) is 4.97. The molecule has 3 heteroatoms. The van der Waals surface area contributed by atoms with Crippen molar-refractivity contribution in [3.63, 3.8) is 0 Å². The first-order valence-corrected chi connectivity index (χ1v) is 5.85. The maximum absolute atomic E-state index is 4.10. The molecule has 1 unspecified atom stereocenters. The van der Waals surface area contributed by atoms with Crippen LogP contribution in [0.2, 0.25) is 0 Å². The molecule has 0 N–H and O–H groups in total. The van der Waals surface area contributed by atoms with Crippen LogP contribution in [0.4, 0.5) is 0 Å². The Balaban J connectivity index is 1.93. The van der Waals surface area contributed by atoms with Crippen molar-refractivity contribution in [1.82, 2.24) is 9.88 Å². The normalized spacial score (nSPS) is 24.8. The molecule has 0 radical (unpaired) electrons. The van der Waals surface area contributed by atoms with Gasteiger partial charge in [0, 0.05) is 23.7 Å². The SMILES string of the molecule is CC1CCCCN1Cc1cncs1. The molecule has 0 aromatic carbocycles. The minimum Gasteiger partial charge on any atom is -0.296 e. The standard InChI is InChI=1S/C10H16N2S/c1-9-4-2-3-5-12(9)7-10-6-11-8-13-10/h6,8-9H,2-5,7H2,1H3. The van der Waals surface area contributed by atoms with Crippen LogP contribution in [-0.2, 0) is 6.54 Å². The van der Waals surface area contributed by atoms with Crippen LogP contribution in [0, 0.1) is 0 Å². The van der Waals surface area contributed by atoms with Gasteiger partial charge in [-0.25, -0.2) is 0 Å². The van der Waals surface area contributed by atoms with Gasteiger partial charge in [-0.15, -0.1) is 11.3 Å². The summed E-state index contributed by atoms with van der Waals surface area (Å²) in [5, 5.41) is 0. The first kappa shape index (κ1) is 9.16. The van der Waals surface area contributed by atoms with E-state index in [0.717, 1.165) is 12.6 Å². The van der Waals surface area contributed by atoms with E-state index in [4.69, 9.17) is 0 Å². The summed E-state index contributed by atoms with van der Waals surface area (Å²) in [5.41, 5.74) is 1.92. The Hall–Kier alpha value is -0.410. The second-order valence-corrected chi connectivity index (χ2v) is 4.75. The highest BCUT2D eigenvalue weighted by Crippen LogP contribution is 2.20. The first-order chi connectivity index (χ1) is 6.36. The summed E-state index contributed by atoms with van der Waals surface area (Å²) < 4.78 is 0. The van der Waals surface area contributed by atoms with Crippen molar-refractivity contribution in [1.29, 1.82) is 0 Å². The molecular formula is C10H16N2S. The Morgan fingerprint density at radius 1 is 1.62 bits per heavy atom. The highest BCUT2D eigenvalue weighted by atomic mass is 32.1. The number of likely N-dealkylation sites (tertiary alicyclic amines) is 1. The molecule has 0 amide bonds. The summed E-state index contributed by atoms with van der Waals surface area (Å²) in [7, 11) is 0. The van der Waals surface area contributed by atoms with Gasteiger partial charge in [0.1, 0.15) is 0 Å². The molecule has 1 aliphatic rings. The van der Waals surface area contributed by atoms with Crippen LogP contribution in [-0.4, -0.2) is 22.5 Å². The minimum atomic E-state index is 0.760. The lowest BCUT2D eigenvalue weighted by Crippen LogP contribution is -2.36. The van der Waals surface area contributed by atoms with Crippen LogP contribution in [0.5, 0.6) is 0 Å². The third-order valence-corrected chi connectivity index (χ3v) is 3.55. The molecule has 2 nitrogen and oxygen atoms in total. The van der Waals surface area contributed by atoms with Gasteiger partial charge >= 0.3 is 0 Å². The van der Waals surface area contributed by atoms with E-state index in [1.165, 1.54) is 30.7 Å². The highest BCUT2D eigenvalue weighted by Gasteiger charge is 2.18. The van der Waals surface area contributed by atoms with E-state index in [1.807, 2.05) is 11.7 Å². The molecule has 1 saturated heterocycles. The number of hydrogen-bond acceptors (Lipinski definition) is 3. The summed E-state index contributed by atoms with van der Waals surface area (Å²) in [6.45, 7) is 4.70. The van der Waals surface area contributed by atoms with E-state index < -0.39 is 0 Å². The Bertz CT molecular complexity index is 245. The van der Waals surface area contributed by atoms with Gasteiger partial charge in [-0.3, -0.25) is 9.88 Å². The van der Waals surface area contributed by atoms with Crippen LogP contribution in [0.3, 0.4) is 0 Å². The number of rotatable bonds is 2. The van der Waals surface area contributed by atoms with Gasteiger partial charge in [-0.2, -0.15) is 0 Å². The second kappa shape index (κ2) is 4.20. The molecule has 2 rings (SSSR count). The molecule has 1 aromatic heterocycles. The van der Waals surface area contributed by atoms with Crippen molar-refractivity contribution >= 4 is 11.3 Å². The average Bonchev–Trinajstić information content (AvgIpc) is 2.61. The van der Waals surface area contributed by atoms with E-state index in [1.54, 1.807) is 11.3 Å². The van der Waals surface area contributed by atoms with Crippen molar-refractivity contribution < 1.29 is 0 Å². The van der Waals surface area contributed by atoms with Gasteiger partial charge < -0.3 is 0 Å². The van der Waals surface area contributed by atoms with Crippen molar-refractivity contribution in [3.8, 4) is 0 Å². The summed E-state index contributed by atoms with van der Waals surface area (Å²) in [6, 6.07) is 0.760. The molecule has 0 saturated carbocycles. The molecule has 1 aliphatic heterocycles. The monoisotopic (exact) mass is 196 g/mol. The lowest BCUT2D eigenvalue weighted by Gasteiger charge is -2.32. The minimum absolute atomic E-state index is 0.760. The maximum atomic E-state index is 4.10. The van der Waals surface area contributed by atoms with E-state index >= 15 is 0 Å². The molecule has 72 valence electrons. The van der Waals surface area contributed by atoms with Gasteiger partial charge in [0.25, 0.3) is 0 Å². The van der Waals surface area contributed by atoms with E-state index in [0.29, 0.717) is 0 Å². The molecule has 1 fully saturated rings. The number of piperidine rings is 1. The third kappa shape index (κ3) is 2.29. The zero-order valence-corrected chi connectivity index (χ0v) is 8.89. The summed E-state index contributed by atoms with van der Waals surface area (Å²) in [5.74, 6) is 0. The van der Waals surface area contributed by atoms with E-state index in [-0.39, 0.29) is 0 Å². The Morgan fingerprint density at radius 2 is 2.54 bits per heavy atom. The average molecular weight is 196 g/mol. The summed E-state index contributed by atoms with van der Waals surface area (Å²) >= 11 is 1.77. The quantitative estimate of drug-likeness (QED) is 0.722. The van der Waals surface area contributed by atoms with Gasteiger partial charge in [0.2, 0.25) is 0 Å². The van der Waals surface area contributed by atoms with Crippen molar-refractivity contribution in [2.45, 2.75) is 38.8 Å². The fourth-order valence-electron chi connectivity index (χ4n) is 1.91. The molecule has 1 aromatic rings. The van der Waals surface area contributed by atoms with Crippen LogP contribution in [0.1, 0.15) is 31.1 Å². The van der Waals surface area contributed by atoms with Gasteiger partial charge in [0.05, 0.1) is 5.51 Å². The molecule has 13 heavy (non-hydrogen) atoms. The van der Waals surface area contributed by atoms with Gasteiger partial charge in [-0.1, -0.05) is 6.42 Å². The zero-order valence-electron chi connectivity index (χ0n) is 8.07. The lowest BCUT2D eigenvalue weighted by atomic mass is 10.0. The van der Waals surface area contributed by atoms with Crippen LogP contribution in [0.25, 0.3) is 0 Å². The van der Waals surface area contributed by atoms with Crippen LogP contribution < -0.4 is 0 Å². The van der Waals surface area contributed by atoms with Crippen molar-refractivity contribution in [2.75, 3.05) is 6.54 Å². The fourth-order valence-corrected chi connectivity index (χ4v) is 2.53. The predicted molar refractivity (Wildman–Crippen MR) is 55.8 cm³/mol. The van der Waals surface area contributed by atoms with E-state index in [9.17, 15) is 0 Å². The smallest absolute Gasteiger partial charge is 0.0794 e. The number of hydrogen-bond donors (Lipinski definition) is 0. The maximum Gasteiger partial charge on any atom is 0.0794 e. The van der Waals surface area contributed by atoms with Gasteiger partial charge in [-0.05, 0) is 26.3 Å². The molecule has 0 bridgehead atoms. The molecule has 0 aliphatic carbocycles. The van der Waals surface area contributed by atoms with Crippen molar-refractivity contribution in [3.05, 3.63) is 16.6 Å². The number of nitrogens with zero attached hydrogens (tertiary/aromatic N) is 2. The fraction of sp³-hybridized carbons (Fsp3) is 0.700. The van der Waals surface area contributed by atoms with Crippen LogP contribution in [0.15, 0.2) is 11.7 Å². The summed E-state index contributed by atoms with van der Waals surface area (Å²) in [4.78, 5) is 8.07.